The van der Waals surface area contributed by atoms with Gasteiger partial charge in [-0.05, 0) is 43.7 Å². The van der Waals surface area contributed by atoms with Gasteiger partial charge in [0.05, 0.1) is 4.90 Å². The van der Waals surface area contributed by atoms with Gasteiger partial charge in [-0.1, -0.05) is 6.08 Å². The SMILES string of the molecule is C/C=C\C(=N\NC(=O)[C@@H]1[C@H](F)CCN1S(=O)(=O)c1ccc(F)cc1)C(F)(F)F. The molecular formula is C16H16F5N3O3S. The number of amides is 1. The number of alkyl halides is 4. The molecule has 6 nitrogen and oxygen atoms in total. The second-order valence-electron chi connectivity index (χ2n) is 5.79. The van der Waals surface area contributed by atoms with E-state index in [0.29, 0.717) is 10.4 Å². The summed E-state index contributed by atoms with van der Waals surface area (Å²) in [6.45, 7) is 0.929. The van der Waals surface area contributed by atoms with Gasteiger partial charge in [0.2, 0.25) is 10.0 Å². The highest BCUT2D eigenvalue weighted by Gasteiger charge is 2.46. The first-order valence-electron chi connectivity index (χ1n) is 7.97. The van der Waals surface area contributed by atoms with Crippen LogP contribution in [-0.4, -0.2) is 49.3 Å². The molecular weight excluding hydrogens is 409 g/mol. The van der Waals surface area contributed by atoms with Gasteiger partial charge >= 0.3 is 6.18 Å². The third kappa shape index (κ3) is 4.73. The molecule has 1 aliphatic heterocycles. The molecule has 1 saturated heterocycles. The summed E-state index contributed by atoms with van der Waals surface area (Å²) in [5.41, 5.74) is 0.141. The molecule has 2 atom stereocenters. The number of hydrogen-bond donors (Lipinski definition) is 1. The Bertz CT molecular complexity index is 882. The van der Waals surface area contributed by atoms with Gasteiger partial charge in [-0.15, -0.1) is 0 Å². The fraction of sp³-hybridized carbons (Fsp3) is 0.375. The topological polar surface area (TPSA) is 78.8 Å². The van der Waals surface area contributed by atoms with Crippen molar-refractivity contribution in [2.24, 2.45) is 5.10 Å². The van der Waals surface area contributed by atoms with Gasteiger partial charge in [0, 0.05) is 6.54 Å². The summed E-state index contributed by atoms with van der Waals surface area (Å²) >= 11 is 0. The first-order valence-corrected chi connectivity index (χ1v) is 9.41. The number of allylic oxidation sites excluding steroid dienone is 2. The van der Waals surface area contributed by atoms with Crippen molar-refractivity contribution < 1.29 is 35.2 Å². The maximum Gasteiger partial charge on any atom is 0.435 e. The smallest absolute Gasteiger partial charge is 0.271 e. The molecule has 1 heterocycles. The van der Waals surface area contributed by atoms with E-state index in [-0.39, 0.29) is 17.9 Å². The first-order chi connectivity index (χ1) is 13.0. The molecule has 0 radical (unpaired) electrons. The van der Waals surface area contributed by atoms with Crippen molar-refractivity contribution in [2.45, 2.75) is 36.6 Å². The van der Waals surface area contributed by atoms with Crippen LogP contribution >= 0.6 is 0 Å². The Morgan fingerprint density at radius 3 is 2.43 bits per heavy atom. The standard InChI is InChI=1S/C16H16F5N3O3S/c1-2-3-13(16(19,20)21)22-23-15(25)14-12(18)8-9-24(14)28(26,27)11-6-4-10(17)5-7-11/h2-7,12,14H,8-9H2,1H3,(H,23,25)/b3-2-,22-13-/t12-,14+/m1/s1. The Kier molecular flexibility index (Phi) is 6.55. The molecule has 0 unspecified atom stereocenters. The number of rotatable bonds is 5. The van der Waals surface area contributed by atoms with E-state index in [4.69, 9.17) is 0 Å². The van der Waals surface area contributed by atoms with E-state index in [1.54, 1.807) is 5.43 Å². The number of nitrogens with one attached hydrogen (secondary N) is 1. The van der Waals surface area contributed by atoms with Crippen LogP contribution in [0.2, 0.25) is 0 Å². The van der Waals surface area contributed by atoms with Crippen LogP contribution in [0.3, 0.4) is 0 Å². The first kappa shape index (κ1) is 22.0. The molecule has 0 aromatic heterocycles. The number of carbonyl (C=O) groups is 1. The summed E-state index contributed by atoms with van der Waals surface area (Å²) in [6.07, 6.45) is -5.51. The van der Waals surface area contributed by atoms with Gasteiger partial charge in [-0.25, -0.2) is 22.6 Å². The van der Waals surface area contributed by atoms with Crippen LogP contribution in [0.25, 0.3) is 0 Å². The highest BCUT2D eigenvalue weighted by atomic mass is 32.2. The maximum atomic E-state index is 14.2. The summed E-state index contributed by atoms with van der Waals surface area (Å²) in [6, 6.07) is 1.73. The molecule has 0 aliphatic carbocycles. The van der Waals surface area contributed by atoms with Crippen LogP contribution in [0.1, 0.15) is 13.3 Å². The van der Waals surface area contributed by atoms with Crippen LogP contribution in [0.15, 0.2) is 46.4 Å². The van der Waals surface area contributed by atoms with Gasteiger partial charge in [0.1, 0.15) is 18.0 Å². The summed E-state index contributed by atoms with van der Waals surface area (Å²) in [5, 5.41) is 2.93. The van der Waals surface area contributed by atoms with Gasteiger partial charge in [0.15, 0.2) is 5.71 Å². The van der Waals surface area contributed by atoms with E-state index in [0.717, 1.165) is 30.3 Å². The third-order valence-corrected chi connectivity index (χ3v) is 5.76. The average molecular weight is 425 g/mol. The number of benzene rings is 1. The van der Waals surface area contributed by atoms with Gasteiger partial charge in [-0.2, -0.15) is 22.6 Å². The summed E-state index contributed by atoms with van der Waals surface area (Å²) in [4.78, 5) is 11.8. The summed E-state index contributed by atoms with van der Waals surface area (Å²) < 4.78 is 91.4. The highest BCUT2D eigenvalue weighted by molar-refractivity contribution is 7.89. The van der Waals surface area contributed by atoms with Crippen molar-refractivity contribution in [3.8, 4) is 0 Å². The van der Waals surface area contributed by atoms with Crippen LogP contribution in [0, 0.1) is 5.82 Å². The van der Waals surface area contributed by atoms with E-state index < -0.39 is 45.8 Å². The molecule has 1 aliphatic rings. The largest absolute Gasteiger partial charge is 0.435 e. The molecule has 0 bridgehead atoms. The minimum absolute atomic E-state index is 0.330. The quantitative estimate of drug-likeness (QED) is 0.447. The van der Waals surface area contributed by atoms with Gasteiger partial charge < -0.3 is 0 Å². The number of carbonyl (C=O) groups excluding carboxylic acids is 1. The zero-order valence-corrected chi connectivity index (χ0v) is 15.3. The second kappa shape index (κ2) is 8.35. The lowest BCUT2D eigenvalue weighted by Crippen LogP contribution is -2.48. The minimum atomic E-state index is -4.87. The normalized spacial score (nSPS) is 22.0. The van der Waals surface area contributed by atoms with Crippen LogP contribution < -0.4 is 5.43 Å². The Hall–Kier alpha value is -2.34. The van der Waals surface area contributed by atoms with Crippen molar-refractivity contribution >= 4 is 21.6 Å². The van der Waals surface area contributed by atoms with E-state index in [1.807, 2.05) is 0 Å². The Morgan fingerprint density at radius 1 is 1.29 bits per heavy atom. The highest BCUT2D eigenvalue weighted by Crippen LogP contribution is 2.28. The zero-order valence-electron chi connectivity index (χ0n) is 14.5. The fourth-order valence-corrected chi connectivity index (χ4v) is 4.19. The Labute approximate surface area is 157 Å². The molecule has 1 N–H and O–H groups in total. The molecule has 1 aromatic rings. The van der Waals surface area contributed by atoms with Crippen molar-refractivity contribution in [1.82, 2.24) is 9.73 Å². The van der Waals surface area contributed by atoms with E-state index >= 15 is 0 Å². The van der Waals surface area contributed by atoms with Crippen molar-refractivity contribution in [1.29, 1.82) is 0 Å². The number of sulfonamides is 1. The molecule has 154 valence electrons. The van der Waals surface area contributed by atoms with Crippen molar-refractivity contribution in [3.05, 3.63) is 42.2 Å². The predicted molar refractivity (Wildman–Crippen MR) is 90.0 cm³/mol. The third-order valence-electron chi connectivity index (χ3n) is 3.87. The van der Waals surface area contributed by atoms with Crippen LogP contribution in [0.4, 0.5) is 22.0 Å². The molecule has 1 amide bonds. The molecule has 1 aromatic carbocycles. The summed E-state index contributed by atoms with van der Waals surface area (Å²) in [5.74, 6) is -2.04. The molecule has 2 rings (SSSR count). The van der Waals surface area contributed by atoms with E-state index in [1.165, 1.54) is 6.92 Å². The fourth-order valence-electron chi connectivity index (χ4n) is 2.57. The molecule has 28 heavy (non-hydrogen) atoms. The number of hydrazone groups is 1. The van der Waals surface area contributed by atoms with Crippen molar-refractivity contribution in [3.63, 3.8) is 0 Å². The number of hydrogen-bond acceptors (Lipinski definition) is 4. The van der Waals surface area contributed by atoms with Gasteiger partial charge in [0.25, 0.3) is 5.91 Å². The molecule has 0 saturated carbocycles. The summed E-state index contributed by atoms with van der Waals surface area (Å²) in [7, 11) is -4.38. The predicted octanol–water partition coefficient (Wildman–Crippen LogP) is 2.54. The van der Waals surface area contributed by atoms with E-state index in [9.17, 15) is 35.2 Å². The average Bonchev–Trinajstić information content (AvgIpc) is 3.00. The van der Waals surface area contributed by atoms with E-state index in [2.05, 4.69) is 5.10 Å². The molecule has 1 fully saturated rings. The van der Waals surface area contributed by atoms with Crippen LogP contribution in [0.5, 0.6) is 0 Å². The Morgan fingerprint density at radius 2 is 1.89 bits per heavy atom. The number of halogens is 5. The Balaban J connectivity index is 2.29. The maximum absolute atomic E-state index is 14.2. The van der Waals surface area contributed by atoms with Crippen molar-refractivity contribution in [2.75, 3.05) is 6.54 Å². The lowest BCUT2D eigenvalue weighted by Gasteiger charge is -2.23. The minimum Gasteiger partial charge on any atom is -0.271 e. The lowest BCUT2D eigenvalue weighted by atomic mass is 10.2. The number of nitrogens with zero attached hydrogens (tertiary/aromatic N) is 2. The van der Waals surface area contributed by atoms with Crippen LogP contribution in [-0.2, 0) is 14.8 Å². The monoisotopic (exact) mass is 425 g/mol. The zero-order chi connectivity index (χ0) is 21.1. The molecule has 0 spiro atoms. The second-order valence-corrected chi connectivity index (χ2v) is 7.68. The lowest BCUT2D eigenvalue weighted by molar-refractivity contribution is -0.125. The molecule has 12 heteroatoms. The van der Waals surface area contributed by atoms with Gasteiger partial charge in [-0.3, -0.25) is 4.79 Å².